The number of hydrogen-bond donors (Lipinski definition) is 1. The molecule has 1 heterocycles. The maximum atomic E-state index is 5.82. The lowest BCUT2D eigenvalue weighted by Crippen LogP contribution is -2.18. The Morgan fingerprint density at radius 2 is 2.33 bits per heavy atom. The molecule has 0 saturated heterocycles. The van der Waals surface area contributed by atoms with E-state index < -0.39 is 0 Å². The van der Waals surface area contributed by atoms with Crippen molar-refractivity contribution in [3.8, 4) is 0 Å². The fourth-order valence-electron chi connectivity index (χ4n) is 1.25. The van der Waals surface area contributed by atoms with Crippen LogP contribution in [0.1, 0.15) is 31.9 Å². The van der Waals surface area contributed by atoms with Crippen LogP contribution in [0.25, 0.3) is 0 Å². The van der Waals surface area contributed by atoms with Gasteiger partial charge in [0.1, 0.15) is 5.76 Å². The third-order valence-corrected chi connectivity index (χ3v) is 3.53. The lowest BCUT2D eigenvalue weighted by molar-refractivity contribution is 0.532. The fourth-order valence-corrected chi connectivity index (χ4v) is 2.29. The Bertz CT molecular complexity index is 277. The summed E-state index contributed by atoms with van der Waals surface area (Å²) in [5.74, 6) is 2.98. The maximum absolute atomic E-state index is 5.82. The van der Waals surface area contributed by atoms with Crippen molar-refractivity contribution in [1.29, 1.82) is 0 Å². The minimum atomic E-state index is 0.364. The lowest BCUT2D eigenvalue weighted by atomic mass is 10.1. The molecule has 15 heavy (non-hydrogen) atoms. The Kier molecular flexibility index (Phi) is 6.22. The molecule has 1 aromatic rings. The highest BCUT2D eigenvalue weighted by molar-refractivity contribution is 7.98. The van der Waals surface area contributed by atoms with Crippen LogP contribution in [-0.2, 0) is 5.75 Å². The molecule has 1 aromatic heterocycles. The van der Waals surface area contributed by atoms with Crippen molar-refractivity contribution in [3.05, 3.63) is 23.1 Å². The molecule has 2 N–H and O–H groups in total. The molecular weight excluding hydrogens is 230 g/mol. The van der Waals surface area contributed by atoms with E-state index in [0.29, 0.717) is 11.3 Å². The first-order valence-corrected chi connectivity index (χ1v) is 6.83. The molecule has 0 aliphatic carbocycles. The number of furan rings is 1. The molecular formula is C11H18ClNOS. The molecule has 0 radical (unpaired) electrons. The van der Waals surface area contributed by atoms with Crippen LogP contribution in [0.2, 0.25) is 5.22 Å². The number of nitrogens with two attached hydrogens (primary N) is 1. The Morgan fingerprint density at radius 3 is 2.93 bits per heavy atom. The van der Waals surface area contributed by atoms with E-state index in [9.17, 15) is 0 Å². The van der Waals surface area contributed by atoms with Gasteiger partial charge >= 0.3 is 0 Å². The molecule has 0 aliphatic heterocycles. The van der Waals surface area contributed by atoms with Crippen LogP contribution in [0, 0.1) is 0 Å². The fraction of sp³-hybridized carbons (Fsp3) is 0.636. The predicted octanol–water partition coefficient (Wildman–Crippen LogP) is 3.68. The van der Waals surface area contributed by atoms with Crippen LogP contribution in [0.3, 0.4) is 0 Å². The van der Waals surface area contributed by atoms with Gasteiger partial charge in [-0.15, -0.1) is 0 Å². The van der Waals surface area contributed by atoms with Gasteiger partial charge in [-0.05, 0) is 48.7 Å². The van der Waals surface area contributed by atoms with E-state index in [0.717, 1.165) is 30.1 Å². The summed E-state index contributed by atoms with van der Waals surface area (Å²) in [6.45, 7) is 2.13. The van der Waals surface area contributed by atoms with Crippen LogP contribution in [0.5, 0.6) is 0 Å². The van der Waals surface area contributed by atoms with Crippen molar-refractivity contribution in [2.75, 3.05) is 5.75 Å². The molecule has 4 heteroatoms. The summed E-state index contributed by atoms with van der Waals surface area (Å²) in [5.41, 5.74) is 5.82. The minimum Gasteiger partial charge on any atom is -0.449 e. The topological polar surface area (TPSA) is 39.2 Å². The molecule has 1 atom stereocenters. The Hall–Kier alpha value is -0.120. The molecule has 0 aliphatic rings. The van der Waals surface area contributed by atoms with Gasteiger partial charge in [-0.1, -0.05) is 6.92 Å². The van der Waals surface area contributed by atoms with Gasteiger partial charge < -0.3 is 10.2 Å². The van der Waals surface area contributed by atoms with Crippen LogP contribution in [-0.4, -0.2) is 11.8 Å². The van der Waals surface area contributed by atoms with E-state index in [1.165, 1.54) is 6.42 Å². The van der Waals surface area contributed by atoms with E-state index in [1.807, 2.05) is 17.8 Å². The van der Waals surface area contributed by atoms with Crippen molar-refractivity contribution < 1.29 is 4.42 Å². The summed E-state index contributed by atoms with van der Waals surface area (Å²) in [5, 5.41) is 0.471. The molecule has 86 valence electrons. The maximum Gasteiger partial charge on any atom is 0.193 e. The molecule has 0 saturated carbocycles. The first-order chi connectivity index (χ1) is 7.22. The first-order valence-electron chi connectivity index (χ1n) is 5.30. The predicted molar refractivity (Wildman–Crippen MR) is 67.4 cm³/mol. The van der Waals surface area contributed by atoms with Crippen molar-refractivity contribution in [3.63, 3.8) is 0 Å². The van der Waals surface area contributed by atoms with Crippen LogP contribution in [0.15, 0.2) is 16.5 Å². The number of thioether (sulfide) groups is 1. The average molecular weight is 248 g/mol. The van der Waals surface area contributed by atoms with Gasteiger partial charge in [0.2, 0.25) is 0 Å². The largest absolute Gasteiger partial charge is 0.449 e. The lowest BCUT2D eigenvalue weighted by Gasteiger charge is -2.06. The van der Waals surface area contributed by atoms with Crippen LogP contribution >= 0.6 is 23.4 Å². The standard InChI is InChI=1S/C11H18ClNOS/c1-2-9(13)4-3-7-15-8-10-5-6-11(12)14-10/h5-6,9H,2-4,7-8,13H2,1H3. The molecule has 1 rings (SSSR count). The summed E-state index contributed by atoms with van der Waals surface area (Å²) in [6, 6.07) is 4.07. The summed E-state index contributed by atoms with van der Waals surface area (Å²) in [7, 11) is 0. The highest BCUT2D eigenvalue weighted by Crippen LogP contribution is 2.19. The van der Waals surface area contributed by atoms with Crippen molar-refractivity contribution in [1.82, 2.24) is 0 Å². The van der Waals surface area contributed by atoms with Gasteiger partial charge in [0.25, 0.3) is 0 Å². The zero-order valence-electron chi connectivity index (χ0n) is 9.04. The number of rotatable bonds is 7. The third-order valence-electron chi connectivity index (χ3n) is 2.26. The van der Waals surface area contributed by atoms with Crippen LogP contribution in [0.4, 0.5) is 0 Å². The summed E-state index contributed by atoms with van der Waals surface area (Å²) >= 11 is 7.53. The average Bonchev–Trinajstić information content (AvgIpc) is 2.63. The monoisotopic (exact) mass is 247 g/mol. The highest BCUT2D eigenvalue weighted by Gasteiger charge is 2.01. The minimum absolute atomic E-state index is 0.364. The number of hydrogen-bond acceptors (Lipinski definition) is 3. The molecule has 0 aromatic carbocycles. The zero-order valence-corrected chi connectivity index (χ0v) is 10.6. The van der Waals surface area contributed by atoms with Crippen molar-refractivity contribution >= 4 is 23.4 Å². The van der Waals surface area contributed by atoms with E-state index in [-0.39, 0.29) is 0 Å². The zero-order chi connectivity index (χ0) is 11.1. The van der Waals surface area contributed by atoms with E-state index in [1.54, 1.807) is 6.07 Å². The van der Waals surface area contributed by atoms with E-state index in [2.05, 4.69) is 6.92 Å². The second kappa shape index (κ2) is 7.20. The van der Waals surface area contributed by atoms with Gasteiger partial charge in [0.05, 0.1) is 5.75 Å². The first kappa shape index (κ1) is 12.9. The Labute approximate surface area is 101 Å². The van der Waals surface area contributed by atoms with E-state index in [4.69, 9.17) is 21.8 Å². The van der Waals surface area contributed by atoms with Gasteiger partial charge in [0, 0.05) is 6.04 Å². The number of halogens is 1. The van der Waals surface area contributed by atoms with Gasteiger partial charge in [-0.2, -0.15) is 11.8 Å². The SMILES string of the molecule is CCC(N)CCCSCc1ccc(Cl)o1. The Morgan fingerprint density at radius 1 is 1.53 bits per heavy atom. The second-order valence-corrected chi connectivity index (χ2v) is 5.05. The summed E-state index contributed by atoms with van der Waals surface area (Å²) < 4.78 is 5.25. The molecule has 0 bridgehead atoms. The van der Waals surface area contributed by atoms with Gasteiger partial charge in [-0.25, -0.2) is 0 Å². The van der Waals surface area contributed by atoms with E-state index >= 15 is 0 Å². The molecule has 0 amide bonds. The molecule has 0 fully saturated rings. The van der Waals surface area contributed by atoms with Gasteiger partial charge in [0.15, 0.2) is 5.22 Å². The second-order valence-electron chi connectivity index (χ2n) is 3.57. The quantitative estimate of drug-likeness (QED) is 0.747. The molecule has 0 spiro atoms. The Balaban J connectivity index is 2.02. The molecule has 1 unspecified atom stereocenters. The smallest absolute Gasteiger partial charge is 0.193 e. The third kappa shape index (κ3) is 5.50. The van der Waals surface area contributed by atoms with Crippen molar-refractivity contribution in [2.24, 2.45) is 5.73 Å². The highest BCUT2D eigenvalue weighted by atomic mass is 35.5. The van der Waals surface area contributed by atoms with Gasteiger partial charge in [-0.3, -0.25) is 0 Å². The van der Waals surface area contributed by atoms with Crippen molar-refractivity contribution in [2.45, 2.75) is 38.0 Å². The van der Waals surface area contributed by atoms with Crippen LogP contribution < -0.4 is 5.73 Å². The summed E-state index contributed by atoms with van der Waals surface area (Å²) in [4.78, 5) is 0. The molecule has 2 nitrogen and oxygen atoms in total. The summed E-state index contributed by atoms with van der Waals surface area (Å²) in [6.07, 6.45) is 3.36. The normalized spacial score (nSPS) is 13.0.